The zero-order valence-electron chi connectivity index (χ0n) is 49.1. The van der Waals surface area contributed by atoms with Gasteiger partial charge in [-0.1, -0.05) is 129 Å². The van der Waals surface area contributed by atoms with Crippen LogP contribution in [0.25, 0.3) is 51.5 Å². The minimum atomic E-state index is -0.124. The van der Waals surface area contributed by atoms with Crippen molar-refractivity contribution in [2.45, 2.75) is 169 Å². The van der Waals surface area contributed by atoms with Crippen LogP contribution < -0.4 is 9.80 Å². The monoisotopic (exact) mass is 1210 g/mol. The molecular formula is C76H82N2O2Se2. The fourth-order valence-corrected chi connectivity index (χ4v) is 17.1. The average Bonchev–Trinajstić information content (AvgIpc) is 2.83. The van der Waals surface area contributed by atoms with Crippen molar-refractivity contribution >= 4 is 84.9 Å². The number of carbonyl (C=O) groups excluding carboxylic acids is 2. The van der Waals surface area contributed by atoms with Crippen LogP contribution in [0.1, 0.15) is 184 Å². The normalized spacial score (nSPS) is 14.0. The average molecular weight is 1210 g/mol. The van der Waals surface area contributed by atoms with Gasteiger partial charge in [0.25, 0.3) is 0 Å². The number of benzene rings is 7. The van der Waals surface area contributed by atoms with Crippen molar-refractivity contribution in [3.8, 4) is 30.0 Å². The summed E-state index contributed by atoms with van der Waals surface area (Å²) in [7, 11) is 0. The van der Waals surface area contributed by atoms with Crippen LogP contribution >= 0.6 is 0 Å². The fraction of sp³-hybridized carbons (Fsp3) is 0.342. The van der Waals surface area contributed by atoms with Gasteiger partial charge in [-0.25, -0.2) is 0 Å². The van der Waals surface area contributed by atoms with Gasteiger partial charge in [0.15, 0.2) is 0 Å². The molecule has 4 heterocycles. The van der Waals surface area contributed by atoms with E-state index in [4.69, 9.17) is 0 Å². The van der Waals surface area contributed by atoms with E-state index in [1.165, 1.54) is 190 Å². The van der Waals surface area contributed by atoms with E-state index >= 15 is 9.59 Å². The Morgan fingerprint density at radius 2 is 0.756 bits per heavy atom. The second-order valence-corrected chi connectivity index (χ2v) is 28.4. The molecule has 4 nitrogen and oxygen atoms in total. The van der Waals surface area contributed by atoms with Crippen LogP contribution in [0.5, 0.6) is 0 Å². The van der Waals surface area contributed by atoms with Crippen molar-refractivity contribution in [3.63, 3.8) is 0 Å². The second kappa shape index (κ2) is 27.4. The molecule has 0 saturated heterocycles. The number of hydrogen-bond acceptors (Lipinski definition) is 4. The zero-order valence-corrected chi connectivity index (χ0v) is 52.5. The number of rotatable bonds is 27. The first-order chi connectivity index (χ1) is 40.3. The van der Waals surface area contributed by atoms with E-state index in [2.05, 4.69) is 182 Å². The molecule has 2 aliphatic rings. The first-order valence-electron chi connectivity index (χ1n) is 31.3. The van der Waals surface area contributed by atoms with Gasteiger partial charge < -0.3 is 0 Å². The summed E-state index contributed by atoms with van der Waals surface area (Å²) >= 11 is 0.258. The molecule has 0 spiro atoms. The third-order valence-electron chi connectivity index (χ3n) is 17.3. The van der Waals surface area contributed by atoms with Crippen LogP contribution in [0.3, 0.4) is 0 Å². The molecule has 420 valence electrons. The van der Waals surface area contributed by atoms with Crippen molar-refractivity contribution in [2.24, 2.45) is 0 Å². The van der Waals surface area contributed by atoms with Crippen molar-refractivity contribution in [2.75, 3.05) is 9.80 Å². The number of anilines is 4. The van der Waals surface area contributed by atoms with E-state index in [1.807, 2.05) is 13.0 Å². The molecule has 9 aromatic rings. The predicted octanol–water partition coefficient (Wildman–Crippen LogP) is 21.2. The SMILES string of the molecule is CCCCCCCCCCCCc1ccc(N2/C(=C3\C(=O)c4cc(-c5ccc(-c6c7ccccc7c(-c7ccc(C)[se]7)c7ccccc67)[se]5)ccc4N3c3ccc(CCCCCCCCCCCC)cc3)C(=O)c3cc(C)ccc32)cc1. The van der Waals surface area contributed by atoms with E-state index in [0.29, 0.717) is 37.0 Å². The van der Waals surface area contributed by atoms with Gasteiger partial charge in [0.05, 0.1) is 0 Å². The molecule has 2 aliphatic heterocycles. The fourth-order valence-electron chi connectivity index (χ4n) is 12.9. The van der Waals surface area contributed by atoms with Crippen molar-refractivity contribution in [1.82, 2.24) is 0 Å². The third-order valence-corrected chi connectivity index (χ3v) is 21.9. The molecule has 7 aromatic carbocycles. The summed E-state index contributed by atoms with van der Waals surface area (Å²) in [6, 6.07) is 57.4. The minimum absolute atomic E-state index is 0.0415. The van der Waals surface area contributed by atoms with Gasteiger partial charge in [0.1, 0.15) is 0 Å². The molecule has 0 atom stereocenters. The molecule has 82 heavy (non-hydrogen) atoms. The number of aryl methyl sites for hydroxylation is 4. The molecule has 0 amide bonds. The summed E-state index contributed by atoms with van der Waals surface area (Å²) in [5, 5.41) is 5.19. The number of allylic oxidation sites excluding steroid dienone is 2. The number of hydrogen-bond donors (Lipinski definition) is 0. The Morgan fingerprint density at radius 1 is 0.366 bits per heavy atom. The van der Waals surface area contributed by atoms with Gasteiger partial charge in [-0.3, -0.25) is 0 Å². The number of ketones is 2. The Morgan fingerprint density at radius 3 is 1.20 bits per heavy atom. The van der Waals surface area contributed by atoms with E-state index in [0.717, 1.165) is 46.7 Å². The Kier molecular flexibility index (Phi) is 19.2. The second-order valence-electron chi connectivity index (χ2n) is 23.4. The first kappa shape index (κ1) is 57.6. The topological polar surface area (TPSA) is 40.6 Å². The maximum atomic E-state index is 15.8. The quantitative estimate of drug-likeness (QED) is 0.0223. The van der Waals surface area contributed by atoms with Crippen LogP contribution in [0, 0.1) is 13.8 Å². The van der Waals surface area contributed by atoms with Gasteiger partial charge >= 0.3 is 362 Å². The Labute approximate surface area is 501 Å². The van der Waals surface area contributed by atoms with E-state index in [-0.39, 0.29) is 26.1 Å². The summed E-state index contributed by atoms with van der Waals surface area (Å²) < 4.78 is 5.47. The van der Waals surface area contributed by atoms with Crippen molar-refractivity contribution < 1.29 is 9.59 Å². The van der Waals surface area contributed by atoms with Crippen molar-refractivity contribution in [1.29, 1.82) is 0 Å². The molecule has 0 radical (unpaired) electrons. The van der Waals surface area contributed by atoms with E-state index in [9.17, 15) is 0 Å². The summed E-state index contributed by atoms with van der Waals surface area (Å²) in [5.41, 5.74) is 12.8. The number of carbonyl (C=O) groups is 2. The van der Waals surface area contributed by atoms with Gasteiger partial charge in [0, 0.05) is 0 Å². The molecule has 0 fully saturated rings. The Balaban J connectivity index is 0.921. The van der Waals surface area contributed by atoms with Gasteiger partial charge in [-0.05, 0) is 12.8 Å². The number of Topliss-reactive ketones (excluding diaryl/α,β-unsaturated/α-hetero) is 2. The third kappa shape index (κ3) is 12.6. The van der Waals surface area contributed by atoms with Crippen LogP contribution in [-0.2, 0) is 12.8 Å². The summed E-state index contributed by atoms with van der Waals surface area (Å²) in [6.07, 6.45) is 28.4. The van der Waals surface area contributed by atoms with E-state index in [1.54, 1.807) is 0 Å². The molecule has 11 rings (SSSR count). The van der Waals surface area contributed by atoms with Crippen LogP contribution in [0.4, 0.5) is 22.7 Å². The molecule has 0 saturated carbocycles. The Hall–Kier alpha value is -6.26. The van der Waals surface area contributed by atoms with E-state index < -0.39 is 0 Å². The van der Waals surface area contributed by atoms with Gasteiger partial charge in [0.2, 0.25) is 0 Å². The van der Waals surface area contributed by atoms with Gasteiger partial charge in [-0.2, -0.15) is 0 Å². The predicted molar refractivity (Wildman–Crippen MR) is 352 cm³/mol. The molecule has 2 aromatic heterocycles. The molecule has 0 N–H and O–H groups in total. The molecular weight excluding hydrogens is 1130 g/mol. The first-order valence-corrected chi connectivity index (χ1v) is 34.7. The standard InChI is InChI=1S/C76H82N2O2Se2/c1-5-7-9-11-13-15-17-19-21-23-29-55-37-42-58(43-38-55)77-66-46-35-53(3)51-64(66)75(79)73(77)74-76(80)65-52-57(41-47-67(65)78(74)59-44-39-56(40-45-59)30-24-22-20-18-16-14-12-10-8-6-2)68-49-50-70(82-68)72-62-33-27-25-31-60(62)71(69-48-36-54(4)81-69)61-32-26-28-34-63(61)72/h25-28,31-52H,5-24,29-30H2,1-4H3/b74-73+. The van der Waals surface area contributed by atoms with Gasteiger partial charge in [-0.15, -0.1) is 0 Å². The summed E-state index contributed by atoms with van der Waals surface area (Å²) in [4.78, 5) is 35.3. The summed E-state index contributed by atoms with van der Waals surface area (Å²) in [6.45, 7) is 8.86. The molecule has 0 bridgehead atoms. The molecule has 0 unspecified atom stereocenters. The van der Waals surface area contributed by atoms with Crippen LogP contribution in [0.2, 0.25) is 0 Å². The Bertz CT molecular complexity index is 3650. The number of nitrogens with zero attached hydrogens (tertiary/aromatic N) is 2. The zero-order chi connectivity index (χ0) is 56.4. The van der Waals surface area contributed by atoms with Crippen molar-refractivity contribution in [3.05, 3.63) is 201 Å². The van der Waals surface area contributed by atoms with Crippen LogP contribution in [-0.4, -0.2) is 40.6 Å². The summed E-state index contributed by atoms with van der Waals surface area (Å²) in [5.74, 6) is -0.244. The number of unbranched alkanes of at least 4 members (excludes halogenated alkanes) is 18. The number of fused-ring (bicyclic) bond motifs is 4. The maximum absolute atomic E-state index is 15.8. The van der Waals surface area contributed by atoms with Crippen LogP contribution in [0.15, 0.2) is 169 Å². The molecule has 0 aliphatic carbocycles. The molecule has 6 heteroatoms.